The number of nitrogens with zero attached hydrogens (tertiary/aromatic N) is 3. The van der Waals surface area contributed by atoms with Gasteiger partial charge in [0, 0.05) is 31.2 Å². The van der Waals surface area contributed by atoms with Gasteiger partial charge in [0.2, 0.25) is 0 Å². The number of ether oxygens (including phenoxy) is 2. The first kappa shape index (κ1) is 23.4. The van der Waals surface area contributed by atoms with Crippen molar-refractivity contribution in [3.8, 4) is 11.3 Å². The number of hydrogen-bond acceptors (Lipinski definition) is 6. The van der Waals surface area contributed by atoms with Gasteiger partial charge in [0.25, 0.3) is 0 Å². The fourth-order valence-corrected chi connectivity index (χ4v) is 5.50. The fraction of sp³-hybridized carbons (Fsp3) is 0.583. The Morgan fingerprint density at radius 1 is 1.09 bits per heavy atom. The first-order chi connectivity index (χ1) is 16.3. The van der Waals surface area contributed by atoms with Crippen LogP contribution in [-0.4, -0.2) is 66.7 Å². The van der Waals surface area contributed by atoms with Crippen molar-refractivity contribution in [1.29, 1.82) is 0 Å². The molecule has 6 nitrogen and oxygen atoms in total. The van der Waals surface area contributed by atoms with Crippen LogP contribution < -0.4 is 5.32 Å². The maximum absolute atomic E-state index is 13.9. The minimum atomic E-state index is -4.61. The summed E-state index contributed by atoms with van der Waals surface area (Å²) >= 11 is 0. The van der Waals surface area contributed by atoms with Crippen LogP contribution in [0.4, 0.5) is 23.4 Å². The molecule has 1 aromatic heterocycles. The van der Waals surface area contributed by atoms with Crippen molar-refractivity contribution in [2.24, 2.45) is 11.8 Å². The van der Waals surface area contributed by atoms with Crippen LogP contribution in [0.2, 0.25) is 0 Å². The quantitative estimate of drug-likeness (QED) is 0.649. The smallest absolute Gasteiger partial charge is 0.376 e. The van der Waals surface area contributed by atoms with E-state index >= 15 is 0 Å². The summed E-state index contributed by atoms with van der Waals surface area (Å²) in [4.78, 5) is 2.38. The van der Waals surface area contributed by atoms with Gasteiger partial charge in [-0.05, 0) is 55.4 Å². The normalized spacial score (nSPS) is 27.7. The van der Waals surface area contributed by atoms with Gasteiger partial charge < -0.3 is 19.7 Å². The Balaban J connectivity index is 1.26. The van der Waals surface area contributed by atoms with Crippen molar-refractivity contribution in [1.82, 2.24) is 15.1 Å². The lowest BCUT2D eigenvalue weighted by molar-refractivity contribution is -0.137. The first-order valence-corrected chi connectivity index (χ1v) is 11.7. The molecule has 3 heterocycles. The molecule has 3 fully saturated rings. The number of aromatic nitrogens is 2. The topological polar surface area (TPSA) is 59.5 Å². The summed E-state index contributed by atoms with van der Waals surface area (Å²) in [6.45, 7) is 6.23. The van der Waals surface area contributed by atoms with Crippen LogP contribution in [0.25, 0.3) is 11.3 Å². The maximum atomic E-state index is 13.9. The fourth-order valence-electron chi connectivity index (χ4n) is 5.50. The molecule has 1 aliphatic carbocycles. The van der Waals surface area contributed by atoms with Crippen LogP contribution in [0.5, 0.6) is 0 Å². The minimum absolute atomic E-state index is 0.00252. The molecule has 184 valence electrons. The lowest BCUT2D eigenvalue weighted by Gasteiger charge is -2.28. The van der Waals surface area contributed by atoms with Crippen molar-refractivity contribution in [2.45, 2.75) is 38.1 Å². The number of hydrogen-bond donors (Lipinski definition) is 1. The molecule has 2 saturated heterocycles. The van der Waals surface area contributed by atoms with Gasteiger partial charge in [-0.15, -0.1) is 10.2 Å². The lowest BCUT2D eigenvalue weighted by atomic mass is 10.0. The van der Waals surface area contributed by atoms with E-state index < -0.39 is 17.6 Å². The summed E-state index contributed by atoms with van der Waals surface area (Å²) in [6, 6.07) is 4.83. The highest BCUT2D eigenvalue weighted by Crippen LogP contribution is 2.41. The van der Waals surface area contributed by atoms with Crippen LogP contribution >= 0.6 is 0 Å². The van der Waals surface area contributed by atoms with Gasteiger partial charge in [0.1, 0.15) is 11.4 Å². The van der Waals surface area contributed by atoms with E-state index in [4.69, 9.17) is 9.47 Å². The molecule has 34 heavy (non-hydrogen) atoms. The highest BCUT2D eigenvalue weighted by Gasteiger charge is 2.43. The monoisotopic (exact) mass is 480 g/mol. The van der Waals surface area contributed by atoms with E-state index in [9.17, 15) is 17.6 Å². The van der Waals surface area contributed by atoms with E-state index in [1.807, 2.05) is 0 Å². The Labute approximate surface area is 195 Å². The zero-order valence-corrected chi connectivity index (χ0v) is 18.9. The molecule has 4 atom stereocenters. The standard InChI is InChI=1S/C24H28F4N4O2/c1-14-2-3-17(25)8-20(14)22-9-21(24(26,27)28)23(31-30-22)29-18-6-15-10-32(11-16(15)7-18)12-19-13-33-4-5-34-19/h2-3,8-9,15-16,18-19H,4-7,10-13H2,1H3,(H,29,31)/t15-,16+,18-,19-/m0/s1. The number of rotatable bonds is 5. The number of aryl methyl sites for hydroxylation is 1. The number of fused-ring (bicyclic) bond motifs is 1. The molecule has 1 N–H and O–H groups in total. The van der Waals surface area contributed by atoms with E-state index in [1.165, 1.54) is 18.2 Å². The molecule has 1 aromatic carbocycles. The van der Waals surface area contributed by atoms with Gasteiger partial charge in [-0.2, -0.15) is 13.2 Å². The zero-order chi connectivity index (χ0) is 23.9. The second-order valence-electron chi connectivity index (χ2n) is 9.57. The summed E-state index contributed by atoms with van der Waals surface area (Å²) in [5.74, 6) is 0.0595. The van der Waals surface area contributed by atoms with Crippen LogP contribution in [0.15, 0.2) is 24.3 Å². The summed E-state index contributed by atoms with van der Waals surface area (Å²) < 4.78 is 66.6. The van der Waals surface area contributed by atoms with Crippen LogP contribution in [-0.2, 0) is 15.7 Å². The highest BCUT2D eigenvalue weighted by molar-refractivity contribution is 5.65. The van der Waals surface area contributed by atoms with Crippen LogP contribution in [0.3, 0.4) is 0 Å². The summed E-state index contributed by atoms with van der Waals surface area (Å²) in [5, 5.41) is 10.9. The maximum Gasteiger partial charge on any atom is 0.420 e. The van der Waals surface area contributed by atoms with E-state index in [2.05, 4.69) is 20.4 Å². The number of nitrogens with one attached hydrogen (secondary N) is 1. The molecular formula is C24H28F4N4O2. The van der Waals surface area contributed by atoms with Crippen molar-refractivity contribution in [3.63, 3.8) is 0 Å². The number of benzene rings is 1. The molecule has 0 unspecified atom stereocenters. The Bertz CT molecular complexity index is 1010. The second-order valence-corrected chi connectivity index (χ2v) is 9.57. The van der Waals surface area contributed by atoms with E-state index in [-0.39, 0.29) is 23.7 Å². The van der Waals surface area contributed by atoms with Crippen molar-refractivity contribution >= 4 is 5.82 Å². The minimum Gasteiger partial charge on any atom is -0.376 e. The lowest BCUT2D eigenvalue weighted by Crippen LogP contribution is -2.39. The predicted molar refractivity (Wildman–Crippen MR) is 118 cm³/mol. The van der Waals surface area contributed by atoms with E-state index in [0.29, 0.717) is 42.8 Å². The number of likely N-dealkylation sites (tertiary alicyclic amines) is 1. The SMILES string of the molecule is Cc1ccc(F)cc1-c1cc(C(F)(F)F)c(N[C@@H]2C[C@@H]3CN(C[C@H]4COCCO4)C[C@@H]3C2)nn1. The summed E-state index contributed by atoms with van der Waals surface area (Å²) in [5.41, 5.74) is 0.0484. The zero-order valence-electron chi connectivity index (χ0n) is 18.9. The predicted octanol–water partition coefficient (Wildman–Crippen LogP) is 4.15. The van der Waals surface area contributed by atoms with Gasteiger partial charge in [-0.25, -0.2) is 4.39 Å². The Morgan fingerprint density at radius 2 is 1.85 bits per heavy atom. The molecule has 0 bridgehead atoms. The van der Waals surface area contributed by atoms with Crippen molar-refractivity contribution < 1.29 is 27.0 Å². The molecule has 10 heteroatoms. The Hall–Kier alpha value is -2.30. The molecule has 0 amide bonds. The third-order valence-electron chi connectivity index (χ3n) is 7.09. The molecule has 2 aromatic rings. The van der Waals surface area contributed by atoms with Gasteiger partial charge in [0.05, 0.1) is 31.6 Å². The van der Waals surface area contributed by atoms with Gasteiger partial charge >= 0.3 is 6.18 Å². The summed E-state index contributed by atoms with van der Waals surface area (Å²) in [6.07, 6.45) is -2.95. The molecule has 0 spiro atoms. The molecule has 1 saturated carbocycles. The average Bonchev–Trinajstić information content (AvgIpc) is 3.33. The third kappa shape index (κ3) is 5.04. The largest absolute Gasteiger partial charge is 0.420 e. The third-order valence-corrected chi connectivity index (χ3v) is 7.09. The van der Waals surface area contributed by atoms with E-state index in [1.54, 1.807) is 6.92 Å². The molecule has 2 aliphatic heterocycles. The molecule has 3 aliphatic rings. The number of anilines is 1. The van der Waals surface area contributed by atoms with Gasteiger partial charge in [0.15, 0.2) is 5.82 Å². The summed E-state index contributed by atoms with van der Waals surface area (Å²) in [7, 11) is 0. The van der Waals surface area contributed by atoms with Crippen LogP contribution in [0, 0.1) is 24.6 Å². The van der Waals surface area contributed by atoms with E-state index in [0.717, 1.165) is 38.5 Å². The number of alkyl halides is 3. The Morgan fingerprint density at radius 3 is 2.53 bits per heavy atom. The first-order valence-electron chi connectivity index (χ1n) is 11.7. The van der Waals surface area contributed by atoms with Gasteiger partial charge in [-0.3, -0.25) is 0 Å². The van der Waals surface area contributed by atoms with Gasteiger partial charge in [-0.1, -0.05) is 6.07 Å². The highest BCUT2D eigenvalue weighted by atomic mass is 19.4. The molecule has 5 rings (SSSR count). The van der Waals surface area contributed by atoms with Crippen molar-refractivity contribution in [3.05, 3.63) is 41.2 Å². The second kappa shape index (κ2) is 9.39. The van der Waals surface area contributed by atoms with Crippen LogP contribution in [0.1, 0.15) is 24.0 Å². The molecular weight excluding hydrogens is 452 g/mol. The van der Waals surface area contributed by atoms with Crippen molar-refractivity contribution in [2.75, 3.05) is 44.8 Å². The number of halogens is 4. The molecule has 0 radical (unpaired) electrons. The Kier molecular flexibility index (Phi) is 6.47. The average molecular weight is 481 g/mol.